The highest BCUT2D eigenvalue weighted by molar-refractivity contribution is 5.91. The molecule has 1 aromatic carbocycles. The van der Waals surface area contributed by atoms with Crippen LogP contribution in [0.4, 0.5) is 10.5 Å². The molecule has 0 radical (unpaired) electrons. The van der Waals surface area contributed by atoms with Crippen molar-refractivity contribution in [2.45, 2.75) is 32.6 Å². The summed E-state index contributed by atoms with van der Waals surface area (Å²) in [4.78, 5) is 24.1. The Bertz CT molecular complexity index is 448. The van der Waals surface area contributed by atoms with Crippen molar-refractivity contribution in [1.82, 2.24) is 5.32 Å². The van der Waals surface area contributed by atoms with E-state index >= 15 is 0 Å². The number of nitrogens with one attached hydrogen (secondary N) is 1. The summed E-state index contributed by atoms with van der Waals surface area (Å²) in [5, 5.41) is 11.6. The molecule has 1 aromatic rings. The minimum absolute atomic E-state index is 0.144. The smallest absolute Gasteiger partial charge is 0.321 e. The first kappa shape index (κ1) is 17.0. The Morgan fingerprint density at radius 2 is 1.90 bits per heavy atom. The molecule has 0 aliphatic rings. The number of hydrogen-bond acceptors (Lipinski definition) is 2. The summed E-state index contributed by atoms with van der Waals surface area (Å²) in [5.74, 6) is -0.426. The summed E-state index contributed by atoms with van der Waals surface area (Å²) in [6, 6.07) is 9.29. The fraction of sp³-hybridized carbons (Fsp3) is 0.500. The predicted molar refractivity (Wildman–Crippen MR) is 83.5 cm³/mol. The Morgan fingerprint density at radius 3 is 2.48 bits per heavy atom. The summed E-state index contributed by atoms with van der Waals surface area (Å²) in [7, 11) is 1.73. The zero-order chi connectivity index (χ0) is 15.7. The second-order valence-electron chi connectivity index (χ2n) is 5.12. The van der Waals surface area contributed by atoms with Crippen LogP contribution in [0.5, 0.6) is 0 Å². The number of amides is 2. The first-order valence-electron chi connectivity index (χ1n) is 7.33. The Morgan fingerprint density at radius 1 is 1.24 bits per heavy atom. The topological polar surface area (TPSA) is 69.6 Å². The number of para-hydroxylation sites is 1. The molecule has 0 aromatic heterocycles. The number of urea groups is 1. The van der Waals surface area contributed by atoms with Crippen LogP contribution in [0.25, 0.3) is 0 Å². The van der Waals surface area contributed by atoms with Crippen molar-refractivity contribution >= 4 is 17.7 Å². The van der Waals surface area contributed by atoms with Gasteiger partial charge in [-0.1, -0.05) is 31.5 Å². The van der Waals surface area contributed by atoms with Gasteiger partial charge in [-0.15, -0.1) is 0 Å². The molecular formula is C16H24N2O3. The van der Waals surface area contributed by atoms with Crippen LogP contribution < -0.4 is 10.2 Å². The molecule has 1 atom stereocenters. The Labute approximate surface area is 126 Å². The molecule has 5 heteroatoms. The summed E-state index contributed by atoms with van der Waals surface area (Å²) in [5.41, 5.74) is 0.841. The number of carboxylic acids is 1. The van der Waals surface area contributed by atoms with Gasteiger partial charge in [0.2, 0.25) is 0 Å². The monoisotopic (exact) mass is 292 g/mol. The first-order chi connectivity index (χ1) is 10.0. The second kappa shape index (κ2) is 9.00. The second-order valence-corrected chi connectivity index (χ2v) is 5.12. The van der Waals surface area contributed by atoms with Gasteiger partial charge in [0, 0.05) is 25.7 Å². The molecule has 0 bridgehead atoms. The van der Waals surface area contributed by atoms with Crippen molar-refractivity contribution in [3.8, 4) is 0 Å². The van der Waals surface area contributed by atoms with Gasteiger partial charge < -0.3 is 10.4 Å². The molecule has 5 nitrogen and oxygen atoms in total. The number of carbonyl (C=O) groups excluding carboxylic acids is 1. The fourth-order valence-corrected chi connectivity index (χ4v) is 2.15. The quantitative estimate of drug-likeness (QED) is 0.773. The van der Waals surface area contributed by atoms with Crippen LogP contribution in [0.3, 0.4) is 0 Å². The van der Waals surface area contributed by atoms with Crippen LogP contribution in [-0.2, 0) is 4.79 Å². The summed E-state index contributed by atoms with van der Waals surface area (Å²) in [6.07, 6.45) is 2.59. The lowest BCUT2D eigenvalue weighted by Gasteiger charge is -2.19. The zero-order valence-electron chi connectivity index (χ0n) is 12.7. The van der Waals surface area contributed by atoms with E-state index in [1.54, 1.807) is 11.9 Å². The highest BCUT2D eigenvalue weighted by Gasteiger charge is 2.12. The molecule has 116 valence electrons. The SMILES string of the molecule is CCC(CCNC(=O)N(C)c1ccccc1)CCC(=O)O. The number of nitrogens with zero attached hydrogens (tertiary/aromatic N) is 1. The largest absolute Gasteiger partial charge is 0.481 e. The first-order valence-corrected chi connectivity index (χ1v) is 7.33. The lowest BCUT2D eigenvalue weighted by molar-refractivity contribution is -0.137. The molecule has 1 rings (SSSR count). The molecule has 0 aliphatic carbocycles. The highest BCUT2D eigenvalue weighted by atomic mass is 16.4. The van der Waals surface area contributed by atoms with E-state index in [1.807, 2.05) is 37.3 Å². The molecule has 0 saturated carbocycles. The Hall–Kier alpha value is -2.04. The van der Waals surface area contributed by atoms with Gasteiger partial charge in [0.1, 0.15) is 0 Å². The van der Waals surface area contributed by atoms with Crippen LogP contribution in [0.15, 0.2) is 30.3 Å². The highest BCUT2D eigenvalue weighted by Crippen LogP contribution is 2.15. The van der Waals surface area contributed by atoms with E-state index in [2.05, 4.69) is 5.32 Å². The molecule has 2 N–H and O–H groups in total. The van der Waals surface area contributed by atoms with Gasteiger partial charge in [-0.2, -0.15) is 0 Å². The lowest BCUT2D eigenvalue weighted by Crippen LogP contribution is -2.38. The molecule has 0 spiro atoms. The lowest BCUT2D eigenvalue weighted by atomic mass is 9.97. The van der Waals surface area contributed by atoms with Gasteiger partial charge in [-0.25, -0.2) is 4.79 Å². The average Bonchev–Trinajstić information content (AvgIpc) is 2.50. The van der Waals surface area contributed by atoms with Crippen LogP contribution in [0, 0.1) is 5.92 Å². The fourth-order valence-electron chi connectivity index (χ4n) is 2.15. The van der Waals surface area contributed by atoms with Crippen molar-refractivity contribution in [2.75, 3.05) is 18.5 Å². The van der Waals surface area contributed by atoms with Gasteiger partial charge in [0.25, 0.3) is 0 Å². The third kappa shape index (κ3) is 6.29. The maximum absolute atomic E-state index is 12.0. The zero-order valence-corrected chi connectivity index (χ0v) is 12.7. The van der Waals surface area contributed by atoms with Gasteiger partial charge in [-0.05, 0) is 30.9 Å². The van der Waals surface area contributed by atoms with Gasteiger partial charge >= 0.3 is 12.0 Å². The maximum Gasteiger partial charge on any atom is 0.321 e. The molecule has 0 aliphatic heterocycles. The molecule has 21 heavy (non-hydrogen) atoms. The normalized spacial score (nSPS) is 11.7. The summed E-state index contributed by atoms with van der Waals surface area (Å²) < 4.78 is 0. The molecular weight excluding hydrogens is 268 g/mol. The standard InChI is InChI=1S/C16H24N2O3/c1-3-13(9-10-15(19)20)11-12-17-16(21)18(2)14-7-5-4-6-8-14/h4-8,13H,3,9-12H2,1-2H3,(H,17,21)(H,19,20). The third-order valence-corrected chi connectivity index (χ3v) is 3.62. The number of aliphatic carboxylic acids is 1. The number of rotatable bonds is 8. The van der Waals surface area contributed by atoms with Crippen molar-refractivity contribution in [3.05, 3.63) is 30.3 Å². The van der Waals surface area contributed by atoms with E-state index in [4.69, 9.17) is 5.11 Å². The third-order valence-electron chi connectivity index (χ3n) is 3.62. The van der Waals surface area contributed by atoms with Crippen molar-refractivity contribution in [3.63, 3.8) is 0 Å². The van der Waals surface area contributed by atoms with Crippen LogP contribution in [0.2, 0.25) is 0 Å². The molecule has 0 heterocycles. The molecule has 0 saturated heterocycles. The number of carboxylic acid groups (broad SMARTS) is 1. The van der Waals surface area contributed by atoms with Crippen molar-refractivity contribution < 1.29 is 14.7 Å². The van der Waals surface area contributed by atoms with Crippen molar-refractivity contribution in [1.29, 1.82) is 0 Å². The van der Waals surface area contributed by atoms with Crippen LogP contribution in [0.1, 0.15) is 32.6 Å². The van der Waals surface area contributed by atoms with Crippen LogP contribution >= 0.6 is 0 Å². The van der Waals surface area contributed by atoms with Crippen molar-refractivity contribution in [2.24, 2.45) is 5.92 Å². The summed E-state index contributed by atoms with van der Waals surface area (Å²) in [6.45, 7) is 2.61. The van der Waals surface area contributed by atoms with E-state index in [0.29, 0.717) is 18.9 Å². The van der Waals surface area contributed by atoms with E-state index in [9.17, 15) is 9.59 Å². The number of anilines is 1. The van der Waals surface area contributed by atoms with E-state index in [-0.39, 0.29) is 12.5 Å². The van der Waals surface area contributed by atoms with Crippen LogP contribution in [-0.4, -0.2) is 30.7 Å². The predicted octanol–water partition coefficient (Wildman–Crippen LogP) is 3.11. The average molecular weight is 292 g/mol. The van der Waals surface area contributed by atoms with E-state index < -0.39 is 5.97 Å². The van der Waals surface area contributed by atoms with E-state index in [0.717, 1.165) is 18.5 Å². The summed E-state index contributed by atoms with van der Waals surface area (Å²) >= 11 is 0. The Kier molecular flexibility index (Phi) is 7.29. The molecule has 1 unspecified atom stereocenters. The number of hydrogen-bond donors (Lipinski definition) is 2. The molecule has 2 amide bonds. The number of benzene rings is 1. The van der Waals surface area contributed by atoms with Gasteiger partial charge in [0.05, 0.1) is 0 Å². The molecule has 0 fully saturated rings. The maximum atomic E-state index is 12.0. The van der Waals surface area contributed by atoms with Gasteiger partial charge in [0.15, 0.2) is 0 Å². The minimum atomic E-state index is -0.763. The van der Waals surface area contributed by atoms with Gasteiger partial charge in [-0.3, -0.25) is 9.69 Å². The number of carbonyl (C=O) groups is 2. The van der Waals surface area contributed by atoms with E-state index in [1.165, 1.54) is 0 Å². The Balaban J connectivity index is 2.33. The minimum Gasteiger partial charge on any atom is -0.481 e.